The first kappa shape index (κ1) is 58.1. The van der Waals surface area contributed by atoms with Crippen LogP contribution < -0.4 is 22.9 Å². The van der Waals surface area contributed by atoms with Gasteiger partial charge in [0.1, 0.15) is 17.1 Å². The first-order valence-electron chi connectivity index (χ1n) is 16.2. The number of aliphatic carboxylic acids is 2. The summed E-state index contributed by atoms with van der Waals surface area (Å²) in [5.41, 5.74) is 19.3. The molecule has 324 valence electrons. The summed E-state index contributed by atoms with van der Waals surface area (Å²) in [4.78, 5) is 91.8. The van der Waals surface area contributed by atoms with Crippen LogP contribution in [0.25, 0.3) is 0 Å². The molecule has 2 amide bonds. The summed E-state index contributed by atoms with van der Waals surface area (Å²) in [6.07, 6.45) is 21.2. The van der Waals surface area contributed by atoms with Crippen molar-refractivity contribution >= 4 is 35.7 Å². The Morgan fingerprint density at radius 3 is 0.867 bits per heavy atom. The first-order valence-corrected chi connectivity index (χ1v) is 16.2. The largest absolute Gasteiger partial charge is 0.481 e. The molecular weight excluding hydrogens is 786 g/mol. The van der Waals surface area contributed by atoms with E-state index < -0.39 is 35.7 Å². The number of aromatic carboxylic acids is 2. The lowest BCUT2D eigenvalue weighted by Crippen LogP contribution is -2.12. The van der Waals surface area contributed by atoms with Gasteiger partial charge in [-0.25, -0.2) is 24.5 Å². The minimum absolute atomic E-state index is 0. The Morgan fingerprint density at radius 1 is 0.400 bits per heavy atom. The minimum Gasteiger partial charge on any atom is -0.481 e. The molecule has 0 bridgehead atoms. The predicted molar refractivity (Wildman–Crippen MR) is 221 cm³/mol. The highest BCUT2D eigenvalue weighted by Gasteiger charge is 2.01. The average Bonchev–Trinajstić information content (AvgIpc) is 3.28. The Bertz CT molecular complexity index is 1640. The van der Waals surface area contributed by atoms with Gasteiger partial charge in [0, 0.05) is 91.1 Å². The molecular formula is C37H51N13O10. The molecule has 12 N–H and O–H groups in total. The number of carbonyl (C=O) groups excluding carboxylic acids is 2. The van der Waals surface area contributed by atoms with Gasteiger partial charge < -0.3 is 43.4 Å². The maximum atomic E-state index is 10.4. The number of primary amides is 2. The van der Waals surface area contributed by atoms with Crippen molar-refractivity contribution in [3.05, 3.63) is 164 Å². The topological polar surface area (TPSA) is 403 Å². The summed E-state index contributed by atoms with van der Waals surface area (Å²) >= 11 is 0. The lowest BCUT2D eigenvalue weighted by Gasteiger charge is -1.88. The summed E-state index contributed by atoms with van der Waals surface area (Å²) in [6, 6.07) is 15.5. The van der Waals surface area contributed by atoms with E-state index in [1.807, 2.05) is 18.2 Å². The van der Waals surface area contributed by atoms with Crippen LogP contribution in [0.1, 0.15) is 58.7 Å². The number of nitrogens with two attached hydrogens (primary N) is 4. The number of nitrogens with zero attached hydrogens (tertiary/aromatic N) is 9. The van der Waals surface area contributed by atoms with Gasteiger partial charge in [-0.1, -0.05) is 18.2 Å². The molecule has 0 radical (unpaired) electrons. The number of amides is 2. The van der Waals surface area contributed by atoms with Crippen molar-refractivity contribution in [2.45, 2.75) is 13.8 Å². The van der Waals surface area contributed by atoms with Crippen molar-refractivity contribution in [3.8, 4) is 0 Å². The Hall–Kier alpha value is -8.57. The predicted octanol–water partition coefficient (Wildman–Crippen LogP) is 2.09. The van der Waals surface area contributed by atoms with Crippen LogP contribution in [-0.2, 0) is 9.59 Å². The SMILES string of the molecule is CC(=O)O.CC(=O)O.CN.CN.NC(=O)c1ccccn1.NC(=O)c1cnccn1.O=C(O)c1ccccn1.O=C(O)c1cnccn1.[2HH].[2HH].c1ccncc1.c1cnccn1. The Kier molecular flexibility index (Phi) is 41.8. The zero-order chi connectivity index (χ0) is 46.4. The summed E-state index contributed by atoms with van der Waals surface area (Å²) < 4.78 is 0. The number of hydrogen-bond donors (Lipinski definition) is 8. The van der Waals surface area contributed by atoms with Crippen LogP contribution in [0.5, 0.6) is 0 Å². The van der Waals surface area contributed by atoms with Crippen molar-refractivity contribution in [2.24, 2.45) is 22.9 Å². The molecule has 6 aromatic rings. The third-order valence-corrected chi connectivity index (χ3v) is 4.44. The van der Waals surface area contributed by atoms with E-state index >= 15 is 0 Å². The van der Waals surface area contributed by atoms with Gasteiger partial charge in [0.15, 0.2) is 5.69 Å². The fraction of sp³-hybridized carbons (Fsp3) is 0.108. The third-order valence-electron chi connectivity index (χ3n) is 4.44. The van der Waals surface area contributed by atoms with E-state index in [0.29, 0.717) is 5.69 Å². The second-order valence-electron chi connectivity index (χ2n) is 8.91. The minimum atomic E-state index is -1.05. The lowest BCUT2D eigenvalue weighted by atomic mass is 10.3. The summed E-state index contributed by atoms with van der Waals surface area (Å²) in [5, 5.41) is 31.4. The molecule has 0 atom stereocenters. The van der Waals surface area contributed by atoms with Gasteiger partial charge in [0.25, 0.3) is 23.8 Å². The summed E-state index contributed by atoms with van der Waals surface area (Å²) in [5.74, 6) is -4.75. The smallest absolute Gasteiger partial charge is 0.356 e. The molecule has 0 saturated carbocycles. The van der Waals surface area contributed by atoms with E-state index in [9.17, 15) is 19.2 Å². The zero-order valence-electron chi connectivity index (χ0n) is 32.9. The molecule has 0 spiro atoms. The lowest BCUT2D eigenvalue weighted by molar-refractivity contribution is -0.135. The van der Waals surface area contributed by atoms with Gasteiger partial charge in [-0.15, -0.1) is 0 Å². The standard InChI is InChI=1S/C6H6N2O.C6H5NO2.C5H5N3O.C5H4N2O2.C5H5N.C4H4N2.2C2H4O2.2CH5N.2H2/c7-6(9)5-3-1-2-4-8-5;8-6(9)5-3-1-2-4-7-5;6-5(9)4-3-7-1-2-8-4;8-5(9)4-3-6-1-2-7-4;1-2-4-6-5-3-1;1-2-6-4-3-5-1;2*1-2(3)4;2*1-2;;/h1-4H,(H2,7,9);1-4H,(H,8,9);1-3H,(H2,6,9);1-3H,(H,8,9);1-5H;1-4H;2*1H3,(H,3,4);2*2H2,1H3;2*1H/i;;;;;;;;;;2*1+1. The fourth-order valence-corrected chi connectivity index (χ4v) is 2.40. The van der Waals surface area contributed by atoms with Crippen LogP contribution in [0.2, 0.25) is 0 Å². The molecule has 0 unspecified atom stereocenters. The number of hydrogen-bond acceptors (Lipinski definition) is 17. The fourth-order valence-electron chi connectivity index (χ4n) is 2.40. The van der Waals surface area contributed by atoms with Gasteiger partial charge in [-0.3, -0.25) is 49.1 Å². The molecule has 23 heteroatoms. The Balaban J connectivity index is -0.000000144. The molecule has 0 aliphatic rings. The molecule has 0 saturated heterocycles. The second-order valence-corrected chi connectivity index (χ2v) is 8.91. The van der Waals surface area contributed by atoms with Crippen LogP contribution in [0, 0.1) is 0 Å². The number of aromatic nitrogens is 9. The highest BCUT2D eigenvalue weighted by molar-refractivity contribution is 5.90. The Labute approximate surface area is 347 Å². The first-order chi connectivity index (χ1) is 28.7. The molecule has 6 heterocycles. The van der Waals surface area contributed by atoms with E-state index in [2.05, 4.69) is 56.3 Å². The summed E-state index contributed by atoms with van der Waals surface area (Å²) in [6.45, 7) is 2.17. The molecule has 0 aliphatic carbocycles. The normalized spacial score (nSPS) is 7.97. The highest BCUT2D eigenvalue weighted by Crippen LogP contribution is 1.91. The molecule has 0 fully saturated rings. The van der Waals surface area contributed by atoms with Gasteiger partial charge >= 0.3 is 11.9 Å². The van der Waals surface area contributed by atoms with E-state index in [0.717, 1.165) is 13.8 Å². The highest BCUT2D eigenvalue weighted by atomic mass is 16.4. The van der Waals surface area contributed by atoms with Crippen molar-refractivity contribution in [1.29, 1.82) is 0 Å². The van der Waals surface area contributed by atoms with Gasteiger partial charge in [-0.2, -0.15) is 0 Å². The van der Waals surface area contributed by atoms with Crippen molar-refractivity contribution in [2.75, 3.05) is 14.1 Å². The third kappa shape index (κ3) is 43.8. The van der Waals surface area contributed by atoms with Crippen molar-refractivity contribution in [3.63, 3.8) is 0 Å². The monoisotopic (exact) mass is 839 g/mol. The van der Waals surface area contributed by atoms with Gasteiger partial charge in [0.05, 0.1) is 12.4 Å². The van der Waals surface area contributed by atoms with Crippen LogP contribution in [0.4, 0.5) is 0 Å². The molecule has 0 aromatic carbocycles. The van der Waals surface area contributed by atoms with Crippen LogP contribution in [0.3, 0.4) is 0 Å². The van der Waals surface area contributed by atoms with E-state index in [1.165, 1.54) is 69.7 Å². The average molecular weight is 840 g/mol. The number of carboxylic acid groups (broad SMARTS) is 4. The molecule has 6 rings (SSSR count). The number of carboxylic acids is 4. The second kappa shape index (κ2) is 43.2. The number of carbonyl (C=O) groups is 6. The maximum absolute atomic E-state index is 10.4. The zero-order valence-corrected chi connectivity index (χ0v) is 32.9. The van der Waals surface area contributed by atoms with E-state index in [1.54, 1.807) is 67.5 Å². The number of rotatable bonds is 4. The van der Waals surface area contributed by atoms with Crippen molar-refractivity contribution < 1.29 is 52.0 Å². The van der Waals surface area contributed by atoms with Crippen molar-refractivity contribution in [1.82, 2.24) is 44.9 Å². The quantitative estimate of drug-likeness (QED) is 0.126. The summed E-state index contributed by atoms with van der Waals surface area (Å²) in [7, 11) is 3.00. The molecule has 0 aliphatic heterocycles. The number of pyridine rings is 3. The van der Waals surface area contributed by atoms with Crippen LogP contribution in [0.15, 0.2) is 141 Å². The Morgan fingerprint density at radius 2 is 0.700 bits per heavy atom. The van der Waals surface area contributed by atoms with E-state index in [-0.39, 0.29) is 19.9 Å². The maximum Gasteiger partial charge on any atom is 0.356 e. The van der Waals surface area contributed by atoms with Gasteiger partial charge in [0.2, 0.25) is 0 Å². The van der Waals surface area contributed by atoms with Crippen LogP contribution >= 0.6 is 0 Å². The molecule has 60 heavy (non-hydrogen) atoms. The molecule has 6 aromatic heterocycles. The van der Waals surface area contributed by atoms with Crippen LogP contribution in [-0.4, -0.2) is 115 Å². The van der Waals surface area contributed by atoms with Gasteiger partial charge in [-0.05, 0) is 50.5 Å². The molecule has 23 nitrogen and oxygen atoms in total. The van der Waals surface area contributed by atoms with E-state index in [4.69, 9.17) is 41.5 Å².